The number of hydrogen-bond donors (Lipinski definition) is 1. The van der Waals surface area contributed by atoms with Crippen LogP contribution in [0.3, 0.4) is 0 Å². The van der Waals surface area contributed by atoms with Crippen LogP contribution < -0.4 is 0 Å². The summed E-state index contributed by atoms with van der Waals surface area (Å²) in [6.45, 7) is 2.11. The molecule has 0 aliphatic rings. The number of aromatic nitrogens is 4. The van der Waals surface area contributed by atoms with Gasteiger partial charge in [0.1, 0.15) is 6.33 Å². The van der Waals surface area contributed by atoms with E-state index >= 15 is 0 Å². The lowest BCUT2D eigenvalue weighted by molar-refractivity contribution is 0.225. The molecular formula is C11H14N4O. The highest BCUT2D eigenvalue weighted by Gasteiger charge is 2.13. The van der Waals surface area contributed by atoms with Crippen LogP contribution >= 0.6 is 0 Å². The van der Waals surface area contributed by atoms with E-state index in [0.717, 1.165) is 17.8 Å². The number of rotatable bonds is 4. The lowest BCUT2D eigenvalue weighted by Gasteiger charge is -2.15. The summed E-state index contributed by atoms with van der Waals surface area (Å²) in [6, 6.07) is 3.79. The first kappa shape index (κ1) is 10.8. The molecule has 0 amide bonds. The fourth-order valence-corrected chi connectivity index (χ4v) is 1.63. The first-order valence-corrected chi connectivity index (χ1v) is 5.27. The molecule has 1 N–H and O–H groups in total. The molecule has 0 saturated carbocycles. The summed E-state index contributed by atoms with van der Waals surface area (Å²) in [5, 5.41) is 17.3. The summed E-state index contributed by atoms with van der Waals surface area (Å²) < 4.78 is 1.90. The first-order valence-electron chi connectivity index (χ1n) is 5.27. The second-order valence-electron chi connectivity index (χ2n) is 3.54. The molecule has 0 radical (unpaired) electrons. The predicted molar refractivity (Wildman–Crippen MR) is 59.7 cm³/mol. The van der Waals surface area contributed by atoms with Crippen molar-refractivity contribution in [2.24, 2.45) is 0 Å². The van der Waals surface area contributed by atoms with Gasteiger partial charge in [-0.3, -0.25) is 4.98 Å². The maximum atomic E-state index is 9.28. The monoisotopic (exact) mass is 218 g/mol. The van der Waals surface area contributed by atoms with E-state index in [9.17, 15) is 5.11 Å². The minimum Gasteiger partial charge on any atom is -0.394 e. The third-order valence-electron chi connectivity index (χ3n) is 2.59. The molecule has 0 unspecified atom stereocenters. The Kier molecular flexibility index (Phi) is 3.26. The lowest BCUT2D eigenvalue weighted by atomic mass is 10.2. The number of pyridine rings is 1. The van der Waals surface area contributed by atoms with Crippen molar-refractivity contribution in [2.75, 3.05) is 6.61 Å². The van der Waals surface area contributed by atoms with Crippen LogP contribution in [-0.4, -0.2) is 31.5 Å². The Morgan fingerprint density at radius 2 is 2.12 bits per heavy atom. The van der Waals surface area contributed by atoms with E-state index < -0.39 is 0 Å². The van der Waals surface area contributed by atoms with Gasteiger partial charge in [-0.25, -0.2) is 0 Å². The SMILES string of the molecule is CC[C@H](CO)n1cnnc1-c1ccncc1. The van der Waals surface area contributed by atoms with Crippen LogP contribution in [0.5, 0.6) is 0 Å². The van der Waals surface area contributed by atoms with Crippen molar-refractivity contribution in [3.8, 4) is 11.4 Å². The maximum absolute atomic E-state index is 9.28. The van der Waals surface area contributed by atoms with Gasteiger partial charge >= 0.3 is 0 Å². The highest BCUT2D eigenvalue weighted by Crippen LogP contribution is 2.20. The minimum absolute atomic E-state index is 0.0261. The summed E-state index contributed by atoms with van der Waals surface area (Å²) >= 11 is 0. The number of aliphatic hydroxyl groups excluding tert-OH is 1. The Balaban J connectivity index is 2.40. The molecule has 5 nitrogen and oxygen atoms in total. The number of hydrogen-bond acceptors (Lipinski definition) is 4. The Bertz CT molecular complexity index is 436. The molecule has 2 heterocycles. The van der Waals surface area contributed by atoms with Gasteiger partial charge in [-0.05, 0) is 18.6 Å². The Labute approximate surface area is 93.8 Å². The van der Waals surface area contributed by atoms with Crippen molar-refractivity contribution in [2.45, 2.75) is 19.4 Å². The lowest BCUT2D eigenvalue weighted by Crippen LogP contribution is -2.12. The second-order valence-corrected chi connectivity index (χ2v) is 3.54. The van der Waals surface area contributed by atoms with Crippen molar-refractivity contribution >= 4 is 0 Å². The van der Waals surface area contributed by atoms with Crippen molar-refractivity contribution in [1.82, 2.24) is 19.7 Å². The van der Waals surface area contributed by atoms with Crippen LogP contribution in [0.4, 0.5) is 0 Å². The summed E-state index contributed by atoms with van der Waals surface area (Å²) in [4.78, 5) is 3.96. The second kappa shape index (κ2) is 4.85. The molecule has 84 valence electrons. The smallest absolute Gasteiger partial charge is 0.164 e. The average Bonchev–Trinajstić information content (AvgIpc) is 2.81. The molecule has 0 saturated heterocycles. The Morgan fingerprint density at radius 3 is 2.75 bits per heavy atom. The third-order valence-corrected chi connectivity index (χ3v) is 2.59. The Morgan fingerprint density at radius 1 is 1.38 bits per heavy atom. The van der Waals surface area contributed by atoms with Gasteiger partial charge in [0.05, 0.1) is 12.6 Å². The van der Waals surface area contributed by atoms with Gasteiger partial charge in [-0.1, -0.05) is 6.92 Å². The molecule has 0 bridgehead atoms. The zero-order chi connectivity index (χ0) is 11.4. The van der Waals surface area contributed by atoms with E-state index in [0.29, 0.717) is 0 Å². The average molecular weight is 218 g/mol. The van der Waals surface area contributed by atoms with E-state index in [-0.39, 0.29) is 12.6 Å². The van der Waals surface area contributed by atoms with Gasteiger partial charge in [0.2, 0.25) is 0 Å². The summed E-state index contributed by atoms with van der Waals surface area (Å²) in [7, 11) is 0. The summed E-state index contributed by atoms with van der Waals surface area (Å²) in [6.07, 6.45) is 5.93. The van der Waals surface area contributed by atoms with Crippen molar-refractivity contribution in [3.05, 3.63) is 30.9 Å². The summed E-state index contributed by atoms with van der Waals surface area (Å²) in [5.74, 6) is 0.767. The van der Waals surface area contributed by atoms with Crippen LogP contribution in [0.1, 0.15) is 19.4 Å². The molecule has 2 aromatic heterocycles. The van der Waals surface area contributed by atoms with Gasteiger partial charge in [0.25, 0.3) is 0 Å². The van der Waals surface area contributed by atoms with Crippen molar-refractivity contribution < 1.29 is 5.11 Å². The fourth-order valence-electron chi connectivity index (χ4n) is 1.63. The maximum Gasteiger partial charge on any atom is 0.164 e. The van der Waals surface area contributed by atoms with Gasteiger partial charge in [-0.15, -0.1) is 10.2 Å². The zero-order valence-corrected chi connectivity index (χ0v) is 9.11. The highest BCUT2D eigenvalue weighted by molar-refractivity contribution is 5.53. The van der Waals surface area contributed by atoms with E-state index in [4.69, 9.17) is 0 Å². The molecule has 0 aliphatic carbocycles. The van der Waals surface area contributed by atoms with Crippen LogP contribution in [0.15, 0.2) is 30.9 Å². The molecule has 1 atom stereocenters. The fraction of sp³-hybridized carbons (Fsp3) is 0.364. The minimum atomic E-state index is 0.0261. The quantitative estimate of drug-likeness (QED) is 0.839. The van der Waals surface area contributed by atoms with Crippen molar-refractivity contribution in [1.29, 1.82) is 0 Å². The molecule has 0 spiro atoms. The first-order chi connectivity index (χ1) is 7.86. The number of aliphatic hydroxyl groups is 1. The van der Waals surface area contributed by atoms with Gasteiger partial charge in [0, 0.05) is 18.0 Å². The topological polar surface area (TPSA) is 63.8 Å². The molecule has 5 heteroatoms. The molecular weight excluding hydrogens is 204 g/mol. The van der Waals surface area contributed by atoms with Crippen LogP contribution in [0, 0.1) is 0 Å². The van der Waals surface area contributed by atoms with Gasteiger partial charge in [0.15, 0.2) is 5.82 Å². The molecule has 2 rings (SSSR count). The van der Waals surface area contributed by atoms with Crippen molar-refractivity contribution in [3.63, 3.8) is 0 Å². The molecule has 0 aliphatic heterocycles. The Hall–Kier alpha value is -1.75. The zero-order valence-electron chi connectivity index (χ0n) is 9.11. The normalized spacial score (nSPS) is 12.6. The number of nitrogens with zero attached hydrogens (tertiary/aromatic N) is 4. The molecule has 0 fully saturated rings. The van der Waals surface area contributed by atoms with Gasteiger partial charge < -0.3 is 9.67 Å². The van der Waals surface area contributed by atoms with E-state index in [2.05, 4.69) is 15.2 Å². The van der Waals surface area contributed by atoms with E-state index in [1.807, 2.05) is 23.6 Å². The van der Waals surface area contributed by atoms with E-state index in [1.54, 1.807) is 18.7 Å². The molecule has 16 heavy (non-hydrogen) atoms. The summed E-state index contributed by atoms with van der Waals surface area (Å²) in [5.41, 5.74) is 0.958. The standard InChI is InChI=1S/C11H14N4O/c1-2-10(7-16)15-8-13-14-11(15)9-3-5-12-6-4-9/h3-6,8,10,16H,2,7H2,1H3/t10-/m1/s1. The van der Waals surface area contributed by atoms with Gasteiger partial charge in [-0.2, -0.15) is 0 Å². The largest absolute Gasteiger partial charge is 0.394 e. The molecule has 2 aromatic rings. The van der Waals surface area contributed by atoms with Crippen LogP contribution in [0.2, 0.25) is 0 Å². The predicted octanol–water partition coefficient (Wildman–Crippen LogP) is 1.28. The van der Waals surface area contributed by atoms with E-state index in [1.165, 1.54) is 0 Å². The van der Waals surface area contributed by atoms with Crippen LogP contribution in [-0.2, 0) is 0 Å². The molecule has 0 aromatic carbocycles. The highest BCUT2D eigenvalue weighted by atomic mass is 16.3. The van der Waals surface area contributed by atoms with Crippen LogP contribution in [0.25, 0.3) is 11.4 Å². The third kappa shape index (κ3) is 1.94.